The van der Waals surface area contributed by atoms with Crippen LogP contribution in [0.15, 0.2) is 115 Å². The van der Waals surface area contributed by atoms with Gasteiger partial charge in [-0.15, -0.1) is 0 Å². The second-order valence-corrected chi connectivity index (χ2v) is 13.0. The first kappa shape index (κ1) is 23.1. The number of benzene rings is 6. The van der Waals surface area contributed by atoms with E-state index < -0.39 is 0 Å². The lowest BCUT2D eigenvalue weighted by Crippen LogP contribution is -2.14. The molecule has 1 heteroatoms. The third-order valence-corrected chi connectivity index (χ3v) is 10.2. The maximum absolute atomic E-state index is 2.48. The molecule has 1 nitrogen and oxygen atoms in total. The molecule has 41 heavy (non-hydrogen) atoms. The van der Waals surface area contributed by atoms with Gasteiger partial charge in [0.15, 0.2) is 0 Å². The van der Waals surface area contributed by atoms with Gasteiger partial charge in [0.1, 0.15) is 0 Å². The van der Waals surface area contributed by atoms with Crippen LogP contribution in [-0.4, -0.2) is 4.57 Å². The lowest BCUT2D eigenvalue weighted by Gasteiger charge is -2.21. The van der Waals surface area contributed by atoms with Crippen molar-refractivity contribution < 1.29 is 0 Å². The maximum Gasteiger partial charge on any atom is 0.0547 e. The second kappa shape index (κ2) is 7.56. The molecule has 0 saturated carbocycles. The molecule has 0 atom stereocenters. The van der Waals surface area contributed by atoms with Crippen LogP contribution in [0.3, 0.4) is 0 Å². The van der Waals surface area contributed by atoms with Crippen LogP contribution in [0.1, 0.15) is 49.9 Å². The maximum atomic E-state index is 2.48. The number of fused-ring (bicyclic) bond motifs is 11. The highest BCUT2D eigenvalue weighted by atomic mass is 15.0. The molecular formula is C40H31N. The number of hydrogen-bond acceptors (Lipinski definition) is 0. The van der Waals surface area contributed by atoms with Gasteiger partial charge in [0.25, 0.3) is 0 Å². The van der Waals surface area contributed by atoms with E-state index in [1.807, 2.05) is 0 Å². The first-order chi connectivity index (χ1) is 19.9. The SMILES string of the molecule is CC1(C)c2ccccc2-c2cc(-n3c4ccccc4c4cc5c6c(ccc5cc43)C(C)(C)c3ccccc3-6)ccc21. The van der Waals surface area contributed by atoms with Crippen LogP contribution in [0.5, 0.6) is 0 Å². The fourth-order valence-electron chi connectivity index (χ4n) is 8.11. The van der Waals surface area contributed by atoms with E-state index in [9.17, 15) is 0 Å². The summed E-state index contributed by atoms with van der Waals surface area (Å²) in [4.78, 5) is 0. The molecule has 2 aliphatic rings. The minimum absolute atomic E-state index is 0.00242. The van der Waals surface area contributed by atoms with Crippen molar-refractivity contribution >= 4 is 32.6 Å². The average molecular weight is 526 g/mol. The molecule has 0 aliphatic heterocycles. The summed E-state index contributed by atoms with van der Waals surface area (Å²) in [7, 11) is 0. The fourth-order valence-corrected chi connectivity index (χ4v) is 8.11. The smallest absolute Gasteiger partial charge is 0.0547 e. The Morgan fingerprint density at radius 2 is 1.07 bits per heavy atom. The van der Waals surface area contributed by atoms with E-state index in [4.69, 9.17) is 0 Å². The van der Waals surface area contributed by atoms with Crippen LogP contribution in [-0.2, 0) is 10.8 Å². The average Bonchev–Trinajstić information content (AvgIpc) is 3.53. The van der Waals surface area contributed by atoms with Gasteiger partial charge < -0.3 is 4.57 Å². The molecule has 0 spiro atoms. The van der Waals surface area contributed by atoms with Crippen LogP contribution < -0.4 is 0 Å². The predicted molar refractivity (Wildman–Crippen MR) is 173 cm³/mol. The number of rotatable bonds is 1. The zero-order chi connectivity index (χ0) is 27.7. The third kappa shape index (κ3) is 2.81. The standard InChI is InChI=1S/C40H31N/c1-39(2)32-14-8-5-11-26(32)30-22-25(18-20-34(30)39)41-36-16-10-7-12-27(36)31-23-29-24(21-37(31)41)17-19-35-38(29)28-13-6-9-15-33(28)40(35,3)4/h5-23H,1-4H3. The van der Waals surface area contributed by atoms with E-state index in [-0.39, 0.29) is 10.8 Å². The summed E-state index contributed by atoms with van der Waals surface area (Å²) >= 11 is 0. The van der Waals surface area contributed by atoms with Gasteiger partial charge in [-0.2, -0.15) is 0 Å². The van der Waals surface area contributed by atoms with E-state index in [2.05, 4.69) is 148 Å². The molecule has 1 aromatic heterocycles. The largest absolute Gasteiger partial charge is 0.309 e. The Balaban J connectivity index is 1.36. The Kier molecular flexibility index (Phi) is 4.26. The van der Waals surface area contributed by atoms with E-state index in [1.54, 1.807) is 0 Å². The van der Waals surface area contributed by atoms with Crippen molar-refractivity contribution in [1.29, 1.82) is 0 Å². The normalized spacial score (nSPS) is 15.7. The Morgan fingerprint density at radius 1 is 0.439 bits per heavy atom. The van der Waals surface area contributed by atoms with Crippen LogP contribution in [0.2, 0.25) is 0 Å². The molecule has 0 unspecified atom stereocenters. The van der Waals surface area contributed by atoms with Gasteiger partial charge in [-0.25, -0.2) is 0 Å². The topological polar surface area (TPSA) is 4.93 Å². The van der Waals surface area contributed by atoms with Gasteiger partial charge in [-0.3, -0.25) is 0 Å². The molecule has 7 aromatic rings. The molecule has 196 valence electrons. The third-order valence-electron chi connectivity index (χ3n) is 10.2. The summed E-state index contributed by atoms with van der Waals surface area (Å²) in [5.74, 6) is 0. The van der Waals surface area contributed by atoms with E-state index in [1.165, 1.54) is 82.8 Å². The second-order valence-electron chi connectivity index (χ2n) is 13.0. The Morgan fingerprint density at radius 3 is 1.90 bits per heavy atom. The number of hydrogen-bond donors (Lipinski definition) is 0. The molecule has 1 heterocycles. The molecule has 0 amide bonds. The van der Waals surface area contributed by atoms with Crippen molar-refractivity contribution in [1.82, 2.24) is 4.57 Å². The van der Waals surface area contributed by atoms with Crippen LogP contribution in [0.4, 0.5) is 0 Å². The van der Waals surface area contributed by atoms with Crippen molar-refractivity contribution in [2.45, 2.75) is 38.5 Å². The molecule has 2 aliphatic carbocycles. The highest BCUT2D eigenvalue weighted by molar-refractivity contribution is 6.16. The summed E-state index contributed by atoms with van der Waals surface area (Å²) in [6, 6.07) is 43.5. The minimum Gasteiger partial charge on any atom is -0.309 e. The number of aromatic nitrogens is 1. The van der Waals surface area contributed by atoms with Crippen molar-refractivity contribution in [2.75, 3.05) is 0 Å². The minimum atomic E-state index is -0.00242. The molecule has 0 fully saturated rings. The van der Waals surface area contributed by atoms with Crippen molar-refractivity contribution in [2.24, 2.45) is 0 Å². The quantitative estimate of drug-likeness (QED) is 0.201. The predicted octanol–water partition coefficient (Wildman–Crippen LogP) is 10.5. The van der Waals surface area contributed by atoms with E-state index in [0.29, 0.717) is 0 Å². The zero-order valence-corrected chi connectivity index (χ0v) is 23.9. The van der Waals surface area contributed by atoms with Crippen molar-refractivity contribution in [3.8, 4) is 27.9 Å². The van der Waals surface area contributed by atoms with Gasteiger partial charge in [0.05, 0.1) is 11.0 Å². The van der Waals surface area contributed by atoms with Crippen LogP contribution in [0.25, 0.3) is 60.5 Å². The molecule has 9 rings (SSSR count). The Hall–Kier alpha value is -4.62. The zero-order valence-electron chi connectivity index (χ0n) is 23.9. The van der Waals surface area contributed by atoms with Gasteiger partial charge in [0, 0.05) is 27.3 Å². The van der Waals surface area contributed by atoms with Gasteiger partial charge in [-0.05, 0) is 85.6 Å². The monoisotopic (exact) mass is 525 g/mol. The summed E-state index contributed by atoms with van der Waals surface area (Å²) < 4.78 is 2.48. The molecule has 6 aromatic carbocycles. The first-order valence-electron chi connectivity index (χ1n) is 14.7. The van der Waals surface area contributed by atoms with Crippen LogP contribution in [0, 0.1) is 0 Å². The fraction of sp³-hybridized carbons (Fsp3) is 0.150. The molecule has 0 N–H and O–H groups in total. The molecule has 0 bridgehead atoms. The highest BCUT2D eigenvalue weighted by Crippen LogP contribution is 2.52. The lowest BCUT2D eigenvalue weighted by molar-refractivity contribution is 0.660. The Bertz CT molecular complexity index is 2260. The molecule has 0 radical (unpaired) electrons. The number of para-hydroxylation sites is 1. The lowest BCUT2D eigenvalue weighted by atomic mass is 9.82. The van der Waals surface area contributed by atoms with E-state index >= 15 is 0 Å². The summed E-state index contributed by atoms with van der Waals surface area (Å²) in [6.07, 6.45) is 0. The van der Waals surface area contributed by atoms with Gasteiger partial charge in [0.2, 0.25) is 0 Å². The highest BCUT2D eigenvalue weighted by Gasteiger charge is 2.37. The summed E-state index contributed by atoms with van der Waals surface area (Å²) in [5.41, 5.74) is 14.9. The van der Waals surface area contributed by atoms with Gasteiger partial charge >= 0.3 is 0 Å². The first-order valence-corrected chi connectivity index (χ1v) is 14.7. The van der Waals surface area contributed by atoms with Crippen molar-refractivity contribution in [3.63, 3.8) is 0 Å². The summed E-state index contributed by atoms with van der Waals surface area (Å²) in [5, 5.41) is 5.25. The van der Waals surface area contributed by atoms with Crippen LogP contribution >= 0.6 is 0 Å². The molecule has 0 saturated heterocycles. The van der Waals surface area contributed by atoms with Crippen molar-refractivity contribution in [3.05, 3.63) is 138 Å². The summed E-state index contributed by atoms with van der Waals surface area (Å²) in [6.45, 7) is 9.42. The molecular weight excluding hydrogens is 494 g/mol. The number of nitrogens with zero attached hydrogens (tertiary/aromatic N) is 1. The van der Waals surface area contributed by atoms with Gasteiger partial charge in [-0.1, -0.05) is 113 Å². The van der Waals surface area contributed by atoms with E-state index in [0.717, 1.165) is 0 Å². The Labute approximate surface area is 240 Å².